The average Bonchev–Trinajstić information content (AvgIpc) is 2.53. The van der Waals surface area contributed by atoms with Crippen LogP contribution >= 0.6 is 0 Å². The van der Waals surface area contributed by atoms with Crippen LogP contribution in [0.3, 0.4) is 0 Å². The van der Waals surface area contributed by atoms with Crippen molar-refractivity contribution in [2.45, 2.75) is 83.5 Å². The summed E-state index contributed by atoms with van der Waals surface area (Å²) in [5.41, 5.74) is 3.98. The number of allylic oxidation sites excluding steroid dienone is 4. The summed E-state index contributed by atoms with van der Waals surface area (Å²) in [6, 6.07) is 0. The molecule has 0 atom stereocenters. The number of rotatable bonds is 1. The van der Waals surface area contributed by atoms with Gasteiger partial charge in [0.25, 0.3) is 0 Å². The Morgan fingerprint density at radius 1 is 0.600 bits per heavy atom. The van der Waals surface area contributed by atoms with Gasteiger partial charge in [-0.15, -0.1) is 0 Å². The van der Waals surface area contributed by atoms with Gasteiger partial charge in [-0.25, -0.2) is 0 Å². The van der Waals surface area contributed by atoms with E-state index in [0.717, 1.165) is 26.8 Å². The predicted octanol–water partition coefficient (Wildman–Crippen LogP) is 5.56. The van der Waals surface area contributed by atoms with Crippen LogP contribution in [-0.4, -0.2) is 15.0 Å². The monoisotopic (exact) mass is 336 g/mol. The van der Waals surface area contributed by atoms with E-state index in [1.165, 1.54) is 83.5 Å². The Hall–Kier alpha value is -0.000519. The Kier molecular flexibility index (Phi) is 4.10. The first-order chi connectivity index (χ1) is 9.93. The van der Waals surface area contributed by atoms with Gasteiger partial charge in [0.2, 0.25) is 0 Å². The van der Waals surface area contributed by atoms with E-state index >= 15 is 0 Å². The van der Waals surface area contributed by atoms with E-state index in [1.54, 1.807) is 0 Å². The molecular formula is C19H28Se. The van der Waals surface area contributed by atoms with Gasteiger partial charge < -0.3 is 0 Å². The third kappa shape index (κ3) is 2.46. The van der Waals surface area contributed by atoms with E-state index < -0.39 is 0 Å². The fourth-order valence-corrected chi connectivity index (χ4v) is 8.26. The summed E-state index contributed by atoms with van der Waals surface area (Å²) in [6.07, 6.45) is 19.4. The molecule has 0 bridgehead atoms. The third-order valence-electron chi connectivity index (χ3n) is 6.03. The fourth-order valence-electron chi connectivity index (χ4n) is 5.09. The summed E-state index contributed by atoms with van der Waals surface area (Å²) in [7, 11) is 0. The molecule has 4 rings (SSSR count). The second-order valence-corrected chi connectivity index (χ2v) is 9.78. The Morgan fingerprint density at radius 2 is 1.15 bits per heavy atom. The van der Waals surface area contributed by atoms with Crippen LogP contribution in [0.25, 0.3) is 0 Å². The van der Waals surface area contributed by atoms with Crippen molar-refractivity contribution in [2.24, 2.45) is 11.8 Å². The molecule has 0 amide bonds. The predicted molar refractivity (Wildman–Crippen MR) is 86.8 cm³/mol. The van der Waals surface area contributed by atoms with Gasteiger partial charge in [-0.1, -0.05) is 0 Å². The normalized spacial score (nSPS) is 29.4. The molecule has 0 aromatic carbocycles. The summed E-state index contributed by atoms with van der Waals surface area (Å²) in [5.74, 6) is 1.97. The van der Waals surface area contributed by atoms with Crippen molar-refractivity contribution in [2.75, 3.05) is 0 Å². The Bertz CT molecular complexity index is 405. The second-order valence-electron chi connectivity index (χ2n) is 7.29. The minimum atomic E-state index is 0.774. The van der Waals surface area contributed by atoms with E-state index in [9.17, 15) is 0 Å². The molecule has 0 radical (unpaired) electrons. The molecule has 4 aliphatic rings. The van der Waals surface area contributed by atoms with E-state index in [1.807, 2.05) is 20.1 Å². The van der Waals surface area contributed by atoms with Gasteiger partial charge in [0, 0.05) is 0 Å². The van der Waals surface area contributed by atoms with Crippen LogP contribution in [0.4, 0.5) is 0 Å². The van der Waals surface area contributed by atoms with E-state index in [4.69, 9.17) is 0 Å². The average molecular weight is 335 g/mol. The molecule has 1 aliphatic heterocycles. The summed E-state index contributed by atoms with van der Waals surface area (Å²) in [4.78, 5) is 0. The van der Waals surface area contributed by atoms with Gasteiger partial charge in [0.05, 0.1) is 0 Å². The molecule has 1 fully saturated rings. The Morgan fingerprint density at radius 3 is 1.75 bits per heavy atom. The number of hydrogen-bond donors (Lipinski definition) is 0. The van der Waals surface area contributed by atoms with Gasteiger partial charge in [-0.3, -0.25) is 0 Å². The summed E-state index contributed by atoms with van der Waals surface area (Å²) >= 11 is 0.774. The maximum atomic E-state index is 1.99. The molecule has 3 aliphatic carbocycles. The first-order valence-electron chi connectivity index (χ1n) is 9.05. The van der Waals surface area contributed by atoms with Crippen molar-refractivity contribution < 1.29 is 0 Å². The standard InChI is InChI=1S/C19H28Se/c1-2-8-14(9-3-1)19-15-10-4-6-12-17(15)20-18-13-7-5-11-16(18)19/h14,19H,1-13H2. The first-order valence-corrected chi connectivity index (χ1v) is 10.8. The zero-order valence-corrected chi connectivity index (χ0v) is 14.5. The van der Waals surface area contributed by atoms with Crippen molar-refractivity contribution in [1.29, 1.82) is 0 Å². The van der Waals surface area contributed by atoms with Crippen LogP contribution in [0.1, 0.15) is 83.5 Å². The fraction of sp³-hybridized carbons (Fsp3) is 0.789. The van der Waals surface area contributed by atoms with Crippen molar-refractivity contribution >= 4 is 15.0 Å². The second kappa shape index (κ2) is 6.01. The summed E-state index contributed by atoms with van der Waals surface area (Å²) in [6.45, 7) is 0. The zero-order chi connectivity index (χ0) is 13.4. The zero-order valence-electron chi connectivity index (χ0n) is 12.8. The molecule has 110 valence electrons. The third-order valence-corrected chi connectivity index (χ3v) is 9.03. The summed E-state index contributed by atoms with van der Waals surface area (Å²) < 4.78 is 3.94. The Labute approximate surface area is 130 Å². The number of hydrogen-bond acceptors (Lipinski definition) is 0. The van der Waals surface area contributed by atoms with Gasteiger partial charge in [-0.05, 0) is 0 Å². The van der Waals surface area contributed by atoms with Crippen molar-refractivity contribution in [1.82, 2.24) is 0 Å². The summed E-state index contributed by atoms with van der Waals surface area (Å²) in [5, 5.41) is 0. The molecule has 1 heteroatoms. The van der Waals surface area contributed by atoms with Gasteiger partial charge in [-0.2, -0.15) is 0 Å². The molecule has 0 aromatic heterocycles. The van der Waals surface area contributed by atoms with Crippen molar-refractivity contribution in [3.63, 3.8) is 0 Å². The van der Waals surface area contributed by atoms with Crippen LogP contribution in [0.5, 0.6) is 0 Å². The van der Waals surface area contributed by atoms with Crippen LogP contribution in [0, 0.1) is 11.8 Å². The molecule has 0 nitrogen and oxygen atoms in total. The molecule has 0 aromatic rings. The van der Waals surface area contributed by atoms with Gasteiger partial charge >= 0.3 is 130 Å². The van der Waals surface area contributed by atoms with Crippen LogP contribution < -0.4 is 0 Å². The molecule has 0 saturated heterocycles. The topological polar surface area (TPSA) is 0 Å². The quantitative estimate of drug-likeness (QED) is 0.551. The van der Waals surface area contributed by atoms with E-state index in [0.29, 0.717) is 0 Å². The van der Waals surface area contributed by atoms with Crippen LogP contribution in [-0.2, 0) is 0 Å². The van der Waals surface area contributed by atoms with Gasteiger partial charge in [0.15, 0.2) is 0 Å². The molecular weight excluding hydrogens is 307 g/mol. The molecule has 1 saturated carbocycles. The first kappa shape index (κ1) is 13.6. The molecule has 20 heavy (non-hydrogen) atoms. The molecule has 0 spiro atoms. The van der Waals surface area contributed by atoms with E-state index in [-0.39, 0.29) is 0 Å². The Balaban J connectivity index is 1.69. The van der Waals surface area contributed by atoms with Crippen molar-refractivity contribution in [3.8, 4) is 0 Å². The maximum absolute atomic E-state index is 1.99. The van der Waals surface area contributed by atoms with Crippen LogP contribution in [0.2, 0.25) is 0 Å². The van der Waals surface area contributed by atoms with Crippen molar-refractivity contribution in [3.05, 3.63) is 20.1 Å². The minimum absolute atomic E-state index is 0.774. The van der Waals surface area contributed by atoms with E-state index in [2.05, 4.69) is 0 Å². The SMILES string of the molecule is C1CCC(C2C3=C(CCCC3)[Se]C3=C2CCCC3)CC1. The molecule has 0 N–H and O–H groups in total. The molecule has 1 heterocycles. The van der Waals surface area contributed by atoms with Gasteiger partial charge in [0.1, 0.15) is 0 Å². The van der Waals surface area contributed by atoms with Crippen LogP contribution in [0.15, 0.2) is 20.1 Å². The molecule has 0 unspecified atom stereocenters.